The van der Waals surface area contributed by atoms with Crippen molar-refractivity contribution in [2.45, 2.75) is 13.5 Å². The molecule has 0 saturated carbocycles. The van der Waals surface area contributed by atoms with Crippen LogP contribution in [0.4, 0.5) is 5.82 Å². The molecule has 0 spiro atoms. The Hall–Kier alpha value is -2.16. The molecule has 0 aliphatic rings. The van der Waals surface area contributed by atoms with Gasteiger partial charge in [0.2, 0.25) is 0 Å². The number of carbonyl (C=O) groups is 1. The number of anilines is 1. The third kappa shape index (κ3) is 2.94. The lowest BCUT2D eigenvalue weighted by Crippen LogP contribution is -2.22. The molecule has 0 aliphatic carbocycles. The van der Waals surface area contributed by atoms with E-state index in [9.17, 15) is 4.79 Å². The summed E-state index contributed by atoms with van der Waals surface area (Å²) < 4.78 is 0. The maximum absolute atomic E-state index is 10.6. The Morgan fingerprint density at radius 3 is 2.50 bits per heavy atom. The second-order valence-electron chi connectivity index (χ2n) is 4.07. The molecule has 0 fully saturated rings. The van der Waals surface area contributed by atoms with Gasteiger partial charge in [0.15, 0.2) is 6.29 Å². The molecule has 18 heavy (non-hydrogen) atoms. The van der Waals surface area contributed by atoms with E-state index in [2.05, 4.69) is 28.9 Å². The van der Waals surface area contributed by atoms with E-state index in [-0.39, 0.29) is 0 Å². The van der Waals surface area contributed by atoms with Crippen molar-refractivity contribution in [3.63, 3.8) is 0 Å². The molecular formula is C15H16N2O. The Kier molecular flexibility index (Phi) is 4.07. The molecule has 1 heterocycles. The number of carbonyl (C=O) groups excluding carboxylic acids is 1. The van der Waals surface area contributed by atoms with Crippen LogP contribution < -0.4 is 4.90 Å². The molecule has 0 N–H and O–H groups in total. The van der Waals surface area contributed by atoms with Crippen LogP contribution in [0.2, 0.25) is 0 Å². The van der Waals surface area contributed by atoms with E-state index in [4.69, 9.17) is 0 Å². The van der Waals surface area contributed by atoms with E-state index < -0.39 is 0 Å². The van der Waals surface area contributed by atoms with Crippen molar-refractivity contribution in [1.29, 1.82) is 0 Å². The summed E-state index contributed by atoms with van der Waals surface area (Å²) in [5, 5.41) is 0. The lowest BCUT2D eigenvalue weighted by atomic mass is 10.2. The summed E-state index contributed by atoms with van der Waals surface area (Å²) in [6.45, 7) is 3.80. The van der Waals surface area contributed by atoms with Crippen molar-refractivity contribution in [1.82, 2.24) is 4.98 Å². The number of aromatic nitrogens is 1. The molecule has 2 aromatic rings. The van der Waals surface area contributed by atoms with E-state index in [0.29, 0.717) is 5.56 Å². The van der Waals surface area contributed by atoms with Gasteiger partial charge in [-0.3, -0.25) is 4.79 Å². The van der Waals surface area contributed by atoms with Crippen LogP contribution >= 0.6 is 0 Å². The van der Waals surface area contributed by atoms with Crippen LogP contribution in [-0.4, -0.2) is 17.8 Å². The third-order valence-electron chi connectivity index (χ3n) is 2.83. The van der Waals surface area contributed by atoms with Crippen LogP contribution in [0.5, 0.6) is 0 Å². The highest BCUT2D eigenvalue weighted by atomic mass is 16.1. The molecule has 2 rings (SSSR count). The average Bonchev–Trinajstić information content (AvgIpc) is 2.46. The normalized spacial score (nSPS) is 10.1. The highest BCUT2D eigenvalue weighted by Gasteiger charge is 2.06. The first-order chi connectivity index (χ1) is 8.83. The predicted molar refractivity (Wildman–Crippen MR) is 72.8 cm³/mol. The van der Waals surface area contributed by atoms with E-state index in [1.807, 2.05) is 24.3 Å². The molecule has 0 bridgehead atoms. The third-order valence-corrected chi connectivity index (χ3v) is 2.83. The van der Waals surface area contributed by atoms with Gasteiger partial charge in [0.25, 0.3) is 0 Å². The standard InChI is InChI=1S/C15H16N2O/c1-2-17(11-13-6-4-3-5-7-13)15-9-8-14(12-18)10-16-15/h3-10,12H,2,11H2,1H3. The van der Waals surface area contributed by atoms with Crippen molar-refractivity contribution in [2.24, 2.45) is 0 Å². The molecule has 0 amide bonds. The Morgan fingerprint density at radius 1 is 1.17 bits per heavy atom. The summed E-state index contributed by atoms with van der Waals surface area (Å²) in [7, 11) is 0. The maximum atomic E-state index is 10.6. The Balaban J connectivity index is 2.15. The summed E-state index contributed by atoms with van der Waals surface area (Å²) in [5.41, 5.74) is 1.86. The fourth-order valence-corrected chi connectivity index (χ4v) is 1.81. The van der Waals surface area contributed by atoms with Gasteiger partial charge < -0.3 is 4.90 Å². The predicted octanol–water partition coefficient (Wildman–Crippen LogP) is 2.92. The molecule has 3 heteroatoms. The number of rotatable bonds is 5. The minimum atomic E-state index is 0.606. The molecule has 0 atom stereocenters. The summed E-state index contributed by atoms with van der Waals surface area (Å²) >= 11 is 0. The van der Waals surface area contributed by atoms with Crippen molar-refractivity contribution in [2.75, 3.05) is 11.4 Å². The number of hydrogen-bond acceptors (Lipinski definition) is 3. The van der Waals surface area contributed by atoms with Crippen molar-refractivity contribution in [3.05, 3.63) is 59.8 Å². The number of pyridine rings is 1. The molecule has 0 unspecified atom stereocenters. The Morgan fingerprint density at radius 2 is 1.94 bits per heavy atom. The van der Waals surface area contributed by atoms with Gasteiger partial charge in [-0.05, 0) is 24.6 Å². The van der Waals surface area contributed by atoms with E-state index >= 15 is 0 Å². The summed E-state index contributed by atoms with van der Waals surface area (Å²) in [4.78, 5) is 17.1. The highest BCUT2D eigenvalue weighted by molar-refractivity contribution is 5.74. The SMILES string of the molecule is CCN(Cc1ccccc1)c1ccc(C=O)cn1. The number of benzene rings is 1. The zero-order valence-electron chi connectivity index (χ0n) is 10.4. The minimum absolute atomic E-state index is 0.606. The lowest BCUT2D eigenvalue weighted by Gasteiger charge is -2.22. The van der Waals surface area contributed by atoms with Gasteiger partial charge in [-0.1, -0.05) is 30.3 Å². The average molecular weight is 240 g/mol. The zero-order valence-corrected chi connectivity index (χ0v) is 10.4. The Labute approximate surface area is 107 Å². The molecule has 1 aromatic heterocycles. The lowest BCUT2D eigenvalue weighted by molar-refractivity contribution is 0.112. The van der Waals surface area contributed by atoms with Gasteiger partial charge in [-0.25, -0.2) is 4.98 Å². The molecule has 92 valence electrons. The second-order valence-corrected chi connectivity index (χ2v) is 4.07. The number of hydrogen-bond donors (Lipinski definition) is 0. The van der Waals surface area contributed by atoms with Crippen LogP contribution in [0.3, 0.4) is 0 Å². The van der Waals surface area contributed by atoms with Gasteiger partial charge in [0.1, 0.15) is 5.82 Å². The minimum Gasteiger partial charge on any atom is -0.353 e. The highest BCUT2D eigenvalue weighted by Crippen LogP contribution is 2.14. The van der Waals surface area contributed by atoms with Gasteiger partial charge >= 0.3 is 0 Å². The van der Waals surface area contributed by atoms with Crippen molar-refractivity contribution in [3.8, 4) is 0 Å². The van der Waals surface area contributed by atoms with Gasteiger partial charge in [0.05, 0.1) is 0 Å². The Bertz CT molecular complexity index is 494. The first kappa shape index (κ1) is 12.3. The van der Waals surface area contributed by atoms with Crippen LogP contribution in [0.25, 0.3) is 0 Å². The van der Waals surface area contributed by atoms with Crippen molar-refractivity contribution < 1.29 is 4.79 Å². The summed E-state index contributed by atoms with van der Waals surface area (Å²) in [6.07, 6.45) is 2.42. The van der Waals surface area contributed by atoms with Crippen LogP contribution in [-0.2, 0) is 6.54 Å². The van der Waals surface area contributed by atoms with Crippen LogP contribution in [0.15, 0.2) is 48.7 Å². The smallest absolute Gasteiger partial charge is 0.151 e. The number of aldehydes is 1. The fraction of sp³-hybridized carbons (Fsp3) is 0.200. The largest absolute Gasteiger partial charge is 0.353 e. The fourth-order valence-electron chi connectivity index (χ4n) is 1.81. The number of nitrogens with zero attached hydrogens (tertiary/aromatic N) is 2. The topological polar surface area (TPSA) is 33.2 Å². The molecule has 0 saturated heterocycles. The van der Waals surface area contributed by atoms with E-state index in [0.717, 1.165) is 25.2 Å². The zero-order chi connectivity index (χ0) is 12.8. The molecule has 0 radical (unpaired) electrons. The van der Waals surface area contributed by atoms with Gasteiger partial charge in [-0.15, -0.1) is 0 Å². The molecule has 3 nitrogen and oxygen atoms in total. The molecule has 0 aliphatic heterocycles. The molecular weight excluding hydrogens is 224 g/mol. The summed E-state index contributed by atoms with van der Waals surface area (Å²) in [5.74, 6) is 0.895. The van der Waals surface area contributed by atoms with Crippen LogP contribution in [0.1, 0.15) is 22.8 Å². The van der Waals surface area contributed by atoms with Gasteiger partial charge in [-0.2, -0.15) is 0 Å². The quantitative estimate of drug-likeness (QED) is 0.753. The molecule has 1 aromatic carbocycles. The van der Waals surface area contributed by atoms with E-state index in [1.165, 1.54) is 5.56 Å². The van der Waals surface area contributed by atoms with Gasteiger partial charge in [0, 0.05) is 24.8 Å². The van der Waals surface area contributed by atoms with Crippen LogP contribution in [0, 0.1) is 0 Å². The second kappa shape index (κ2) is 5.96. The monoisotopic (exact) mass is 240 g/mol. The summed E-state index contributed by atoms with van der Waals surface area (Å²) in [6, 6.07) is 14.0. The first-order valence-corrected chi connectivity index (χ1v) is 6.03. The first-order valence-electron chi connectivity index (χ1n) is 6.03. The van der Waals surface area contributed by atoms with Crippen molar-refractivity contribution >= 4 is 12.1 Å². The van der Waals surface area contributed by atoms with E-state index in [1.54, 1.807) is 12.3 Å². The maximum Gasteiger partial charge on any atom is 0.151 e.